The average Bonchev–Trinajstić information content (AvgIpc) is 2.31. The molecule has 1 heterocycles. The summed E-state index contributed by atoms with van der Waals surface area (Å²) in [5.74, 6) is 0.951. The number of rotatable bonds is 2. The van der Waals surface area contributed by atoms with Crippen LogP contribution in [-0.2, 0) is 4.74 Å². The van der Waals surface area contributed by atoms with Gasteiger partial charge in [0.1, 0.15) is 17.5 Å². The van der Waals surface area contributed by atoms with Crippen molar-refractivity contribution >= 4 is 0 Å². The minimum absolute atomic E-state index is 0.104. The quantitative estimate of drug-likeness (QED) is 0.786. The van der Waals surface area contributed by atoms with Crippen molar-refractivity contribution in [2.45, 2.75) is 65.3 Å². The molecule has 2 heteroatoms. The van der Waals surface area contributed by atoms with Crippen LogP contribution in [-0.4, -0.2) is 17.3 Å². The molecule has 0 N–H and O–H groups in total. The molecule has 0 saturated carbocycles. The molecule has 1 saturated heterocycles. The van der Waals surface area contributed by atoms with Crippen molar-refractivity contribution in [1.82, 2.24) is 0 Å². The summed E-state index contributed by atoms with van der Waals surface area (Å²) in [5, 5.41) is 0. The summed E-state index contributed by atoms with van der Waals surface area (Å²) in [7, 11) is 0. The average molecular weight is 248 g/mol. The maximum atomic E-state index is 6.16. The predicted octanol–water partition coefficient (Wildman–Crippen LogP) is 4.03. The molecule has 0 bridgehead atoms. The second kappa shape index (κ2) is 4.27. The Hall–Kier alpha value is -1.02. The Kier molecular flexibility index (Phi) is 3.18. The van der Waals surface area contributed by atoms with E-state index >= 15 is 0 Å². The van der Waals surface area contributed by atoms with Crippen molar-refractivity contribution in [2.75, 3.05) is 0 Å². The van der Waals surface area contributed by atoms with Crippen LogP contribution in [0.1, 0.15) is 45.2 Å². The summed E-state index contributed by atoms with van der Waals surface area (Å²) in [4.78, 5) is 0. The molecule has 1 aromatic carbocycles. The van der Waals surface area contributed by atoms with Crippen LogP contribution in [0.15, 0.2) is 18.2 Å². The molecule has 0 amide bonds. The fourth-order valence-corrected chi connectivity index (χ4v) is 2.86. The summed E-state index contributed by atoms with van der Waals surface area (Å²) >= 11 is 0. The maximum Gasteiger partial charge on any atom is 0.130 e. The molecule has 1 aliphatic rings. The highest BCUT2D eigenvalue weighted by atomic mass is 16.6. The Bertz CT molecular complexity index is 426. The monoisotopic (exact) mass is 248 g/mol. The fourth-order valence-electron chi connectivity index (χ4n) is 2.86. The minimum atomic E-state index is -0.235. The number of hydrogen-bond acceptors (Lipinski definition) is 2. The van der Waals surface area contributed by atoms with Crippen LogP contribution in [0.25, 0.3) is 0 Å². The van der Waals surface area contributed by atoms with Crippen molar-refractivity contribution in [3.05, 3.63) is 29.3 Å². The van der Waals surface area contributed by atoms with E-state index < -0.39 is 0 Å². The van der Waals surface area contributed by atoms with E-state index in [1.165, 1.54) is 11.1 Å². The first-order valence-electron chi connectivity index (χ1n) is 6.63. The lowest BCUT2D eigenvalue weighted by molar-refractivity contribution is -0.0846. The van der Waals surface area contributed by atoms with Crippen molar-refractivity contribution in [2.24, 2.45) is 0 Å². The lowest BCUT2D eigenvalue weighted by Crippen LogP contribution is -2.36. The van der Waals surface area contributed by atoms with E-state index in [0.29, 0.717) is 0 Å². The molecule has 1 unspecified atom stereocenters. The van der Waals surface area contributed by atoms with E-state index in [2.05, 4.69) is 59.7 Å². The van der Waals surface area contributed by atoms with Gasteiger partial charge in [-0.2, -0.15) is 0 Å². The van der Waals surface area contributed by atoms with Gasteiger partial charge in [-0.3, -0.25) is 0 Å². The van der Waals surface area contributed by atoms with Crippen molar-refractivity contribution in [1.29, 1.82) is 0 Å². The molecule has 0 spiro atoms. The van der Waals surface area contributed by atoms with Crippen LogP contribution in [0, 0.1) is 13.8 Å². The van der Waals surface area contributed by atoms with Crippen molar-refractivity contribution in [3.63, 3.8) is 0 Å². The Balaban J connectivity index is 2.19. The Morgan fingerprint density at radius 2 is 1.61 bits per heavy atom. The molecule has 0 aromatic heterocycles. The molecule has 1 aliphatic heterocycles. The van der Waals surface area contributed by atoms with E-state index in [4.69, 9.17) is 9.47 Å². The van der Waals surface area contributed by atoms with Gasteiger partial charge >= 0.3 is 0 Å². The normalized spacial score (nSPS) is 25.1. The highest BCUT2D eigenvalue weighted by molar-refractivity contribution is 5.33. The van der Waals surface area contributed by atoms with Crippen LogP contribution in [0.4, 0.5) is 0 Å². The van der Waals surface area contributed by atoms with Crippen LogP contribution in [0.2, 0.25) is 0 Å². The van der Waals surface area contributed by atoms with E-state index in [1.54, 1.807) is 0 Å². The van der Waals surface area contributed by atoms with Crippen LogP contribution in [0.5, 0.6) is 5.75 Å². The molecular formula is C16H24O2. The smallest absolute Gasteiger partial charge is 0.130 e. The van der Waals surface area contributed by atoms with E-state index in [-0.39, 0.29) is 17.3 Å². The van der Waals surface area contributed by atoms with Crippen LogP contribution >= 0.6 is 0 Å². The molecular weight excluding hydrogens is 224 g/mol. The highest BCUT2D eigenvalue weighted by Crippen LogP contribution is 2.39. The third kappa shape index (κ3) is 2.86. The lowest BCUT2D eigenvalue weighted by Gasteiger charge is -2.27. The molecule has 0 radical (unpaired) electrons. The predicted molar refractivity (Wildman–Crippen MR) is 74.2 cm³/mol. The largest absolute Gasteiger partial charge is 0.487 e. The summed E-state index contributed by atoms with van der Waals surface area (Å²) < 4.78 is 12.2. The summed E-state index contributed by atoms with van der Waals surface area (Å²) in [5.41, 5.74) is 2.13. The van der Waals surface area contributed by atoms with Gasteiger partial charge < -0.3 is 9.47 Å². The Labute approximate surface area is 110 Å². The number of benzene rings is 1. The second-order valence-corrected chi connectivity index (χ2v) is 6.60. The SMILES string of the molecule is Cc1cc(C)cc(OC2CC(C)(C)OC2(C)C)c1. The van der Waals surface area contributed by atoms with Gasteiger partial charge in [-0.15, -0.1) is 0 Å². The molecule has 18 heavy (non-hydrogen) atoms. The van der Waals surface area contributed by atoms with Crippen LogP contribution in [0.3, 0.4) is 0 Å². The van der Waals surface area contributed by atoms with Gasteiger partial charge in [0.05, 0.1) is 5.60 Å². The highest BCUT2D eigenvalue weighted by Gasteiger charge is 2.47. The molecule has 0 aliphatic carbocycles. The van der Waals surface area contributed by atoms with Gasteiger partial charge in [0.15, 0.2) is 0 Å². The van der Waals surface area contributed by atoms with Gasteiger partial charge in [0.2, 0.25) is 0 Å². The summed E-state index contributed by atoms with van der Waals surface area (Å²) in [6.07, 6.45) is 1.03. The van der Waals surface area contributed by atoms with E-state index in [0.717, 1.165) is 12.2 Å². The molecule has 1 fully saturated rings. The summed E-state index contributed by atoms with van der Waals surface area (Å²) in [6, 6.07) is 6.34. The molecule has 1 atom stereocenters. The molecule has 2 rings (SSSR count). The number of hydrogen-bond donors (Lipinski definition) is 0. The molecule has 2 nitrogen and oxygen atoms in total. The van der Waals surface area contributed by atoms with Gasteiger partial charge in [-0.25, -0.2) is 0 Å². The van der Waals surface area contributed by atoms with Gasteiger partial charge in [0.25, 0.3) is 0 Å². The summed E-state index contributed by atoms with van der Waals surface area (Å²) in [6.45, 7) is 12.7. The van der Waals surface area contributed by atoms with Crippen molar-refractivity contribution in [3.8, 4) is 5.75 Å². The van der Waals surface area contributed by atoms with Gasteiger partial charge in [-0.05, 0) is 64.8 Å². The van der Waals surface area contributed by atoms with E-state index in [9.17, 15) is 0 Å². The van der Waals surface area contributed by atoms with Crippen molar-refractivity contribution < 1.29 is 9.47 Å². The zero-order valence-electron chi connectivity index (χ0n) is 12.3. The first-order valence-corrected chi connectivity index (χ1v) is 6.63. The number of ether oxygens (including phenoxy) is 2. The third-order valence-corrected chi connectivity index (χ3v) is 3.47. The zero-order valence-corrected chi connectivity index (χ0v) is 12.3. The lowest BCUT2D eigenvalue weighted by atomic mass is 9.97. The molecule has 1 aromatic rings. The Morgan fingerprint density at radius 1 is 1.06 bits per heavy atom. The van der Waals surface area contributed by atoms with Gasteiger partial charge in [0, 0.05) is 6.42 Å². The van der Waals surface area contributed by atoms with Crippen LogP contribution < -0.4 is 4.74 Å². The van der Waals surface area contributed by atoms with Gasteiger partial charge in [-0.1, -0.05) is 6.07 Å². The first kappa shape index (κ1) is 13.4. The van der Waals surface area contributed by atoms with E-state index in [1.807, 2.05) is 0 Å². The fraction of sp³-hybridized carbons (Fsp3) is 0.625. The standard InChI is InChI=1S/C16H24O2/c1-11-7-12(2)9-13(8-11)17-14-10-15(3,4)18-16(14,5)6/h7-9,14H,10H2,1-6H3. The number of aryl methyl sites for hydroxylation is 2. The zero-order chi connectivity index (χ0) is 13.6. The first-order chi connectivity index (χ1) is 8.18. The maximum absolute atomic E-state index is 6.16. The third-order valence-electron chi connectivity index (χ3n) is 3.47. The molecule has 100 valence electrons. The minimum Gasteiger partial charge on any atom is -0.487 e. The second-order valence-electron chi connectivity index (χ2n) is 6.60. The topological polar surface area (TPSA) is 18.5 Å². The Morgan fingerprint density at radius 3 is 2.06 bits per heavy atom.